The molecular weight excluding hydrogens is 362 g/mol. The van der Waals surface area contributed by atoms with Gasteiger partial charge in [-0.2, -0.15) is 5.10 Å². The highest BCUT2D eigenvalue weighted by Gasteiger charge is 2.34. The highest BCUT2D eigenvalue weighted by molar-refractivity contribution is 6.31. The van der Waals surface area contributed by atoms with Gasteiger partial charge in [-0.1, -0.05) is 11.6 Å². The third-order valence-electron chi connectivity index (χ3n) is 4.29. The Bertz CT molecular complexity index is 918. The van der Waals surface area contributed by atoms with Gasteiger partial charge in [0.2, 0.25) is 5.75 Å². The summed E-state index contributed by atoms with van der Waals surface area (Å²) in [5, 5.41) is 17.3. The number of fused-ring (bicyclic) bond motifs is 1. The van der Waals surface area contributed by atoms with E-state index in [1.165, 1.54) is 10.8 Å². The van der Waals surface area contributed by atoms with Crippen LogP contribution >= 0.6 is 11.6 Å². The van der Waals surface area contributed by atoms with Gasteiger partial charge in [-0.25, -0.2) is 4.98 Å². The van der Waals surface area contributed by atoms with Gasteiger partial charge >= 0.3 is 0 Å². The topological polar surface area (TPSA) is 111 Å². The maximum atomic E-state index is 12.5. The fourth-order valence-electron chi connectivity index (χ4n) is 2.91. The molecule has 0 unspecified atom stereocenters. The van der Waals surface area contributed by atoms with Crippen LogP contribution in [-0.4, -0.2) is 37.0 Å². The number of aromatic hydroxyl groups is 1. The molecule has 140 valence electrons. The van der Waals surface area contributed by atoms with Crippen LogP contribution in [0, 0.1) is 0 Å². The predicted octanol–water partition coefficient (Wildman–Crippen LogP) is 1.01. The van der Waals surface area contributed by atoms with E-state index in [9.17, 15) is 14.7 Å². The molecule has 1 amide bonds. The van der Waals surface area contributed by atoms with Crippen molar-refractivity contribution in [3.8, 4) is 5.75 Å². The number of amides is 1. The molecule has 2 N–H and O–H groups in total. The second-order valence-corrected chi connectivity index (χ2v) is 6.79. The Morgan fingerprint density at radius 1 is 1.50 bits per heavy atom. The molecule has 0 saturated carbocycles. The van der Waals surface area contributed by atoms with Crippen molar-refractivity contribution in [1.29, 1.82) is 0 Å². The zero-order valence-electron chi connectivity index (χ0n) is 14.7. The van der Waals surface area contributed by atoms with Crippen LogP contribution in [0.1, 0.15) is 42.8 Å². The SMILES string of the molecule is CCn1ncc(Cl)c1CNC(=O)c1nc2n(c(=O)c1O)CCOC2(C)C. The van der Waals surface area contributed by atoms with Crippen LogP contribution in [0.25, 0.3) is 0 Å². The van der Waals surface area contributed by atoms with Gasteiger partial charge in [-0.05, 0) is 20.8 Å². The third kappa shape index (κ3) is 3.08. The summed E-state index contributed by atoms with van der Waals surface area (Å²) < 4.78 is 8.60. The summed E-state index contributed by atoms with van der Waals surface area (Å²) in [6.07, 6.45) is 1.49. The quantitative estimate of drug-likeness (QED) is 0.817. The minimum atomic E-state index is -0.843. The van der Waals surface area contributed by atoms with E-state index in [2.05, 4.69) is 15.4 Å². The van der Waals surface area contributed by atoms with E-state index in [4.69, 9.17) is 16.3 Å². The second-order valence-electron chi connectivity index (χ2n) is 6.39. The maximum absolute atomic E-state index is 12.5. The zero-order chi connectivity index (χ0) is 19.1. The molecule has 3 rings (SSSR count). The Balaban J connectivity index is 1.92. The van der Waals surface area contributed by atoms with Crippen LogP contribution in [0.3, 0.4) is 0 Å². The van der Waals surface area contributed by atoms with Gasteiger partial charge in [0.25, 0.3) is 11.5 Å². The monoisotopic (exact) mass is 381 g/mol. The van der Waals surface area contributed by atoms with Crippen molar-refractivity contribution >= 4 is 17.5 Å². The number of halogens is 1. The first kappa shape index (κ1) is 18.4. The molecule has 10 heteroatoms. The summed E-state index contributed by atoms with van der Waals surface area (Å²) in [4.78, 5) is 29.2. The van der Waals surface area contributed by atoms with E-state index in [-0.39, 0.29) is 18.8 Å². The van der Waals surface area contributed by atoms with Crippen LogP contribution in [0.5, 0.6) is 5.75 Å². The molecule has 0 spiro atoms. The molecule has 2 aromatic rings. The summed E-state index contributed by atoms with van der Waals surface area (Å²) in [5.74, 6) is -1.06. The van der Waals surface area contributed by atoms with Crippen LogP contribution in [0.2, 0.25) is 5.02 Å². The Morgan fingerprint density at radius 2 is 2.23 bits per heavy atom. The zero-order valence-corrected chi connectivity index (χ0v) is 15.5. The minimum absolute atomic E-state index is 0.0882. The number of nitrogens with one attached hydrogen (secondary N) is 1. The number of aromatic nitrogens is 4. The molecule has 0 saturated heterocycles. The number of hydrogen-bond acceptors (Lipinski definition) is 6. The smallest absolute Gasteiger partial charge is 0.296 e. The second kappa shape index (κ2) is 6.73. The van der Waals surface area contributed by atoms with E-state index in [1.807, 2.05) is 6.92 Å². The number of carbonyl (C=O) groups excluding carboxylic acids is 1. The Morgan fingerprint density at radius 3 is 2.92 bits per heavy atom. The van der Waals surface area contributed by atoms with E-state index in [1.54, 1.807) is 18.5 Å². The van der Waals surface area contributed by atoms with Crippen LogP contribution in [-0.2, 0) is 30.0 Å². The lowest BCUT2D eigenvalue weighted by Crippen LogP contribution is -2.42. The van der Waals surface area contributed by atoms with E-state index in [0.29, 0.717) is 29.7 Å². The van der Waals surface area contributed by atoms with Crippen molar-refractivity contribution < 1.29 is 14.6 Å². The molecule has 1 aliphatic heterocycles. The lowest BCUT2D eigenvalue weighted by atomic mass is 10.1. The standard InChI is InChI=1S/C16H20ClN5O4/c1-4-22-10(9(17)7-19-22)8-18-13(24)11-12(23)14(25)21-5-6-26-16(2,3)15(21)20-11/h7,23H,4-6,8H2,1-3H3,(H,18,24). The van der Waals surface area contributed by atoms with Gasteiger partial charge in [0.05, 0.1) is 36.6 Å². The number of aryl methyl sites for hydroxylation is 1. The lowest BCUT2D eigenvalue weighted by molar-refractivity contribution is -0.0566. The Labute approximate surface area is 154 Å². The Hall–Kier alpha value is -2.39. The molecule has 0 aromatic carbocycles. The highest BCUT2D eigenvalue weighted by atomic mass is 35.5. The number of ether oxygens (including phenoxy) is 1. The molecule has 0 fully saturated rings. The molecule has 0 bridgehead atoms. The first-order chi connectivity index (χ1) is 12.3. The van der Waals surface area contributed by atoms with Gasteiger partial charge < -0.3 is 15.2 Å². The van der Waals surface area contributed by atoms with Crippen LogP contribution < -0.4 is 10.9 Å². The van der Waals surface area contributed by atoms with Crippen LogP contribution in [0.4, 0.5) is 0 Å². The highest BCUT2D eigenvalue weighted by Crippen LogP contribution is 2.27. The summed E-state index contributed by atoms with van der Waals surface area (Å²) >= 11 is 6.07. The molecule has 26 heavy (non-hydrogen) atoms. The van der Waals surface area contributed by atoms with Crippen LogP contribution in [0.15, 0.2) is 11.0 Å². The van der Waals surface area contributed by atoms with Crippen molar-refractivity contribution in [3.05, 3.63) is 38.8 Å². The molecule has 2 aromatic heterocycles. The summed E-state index contributed by atoms with van der Waals surface area (Å²) in [6, 6.07) is 0. The summed E-state index contributed by atoms with van der Waals surface area (Å²) in [7, 11) is 0. The number of nitrogens with zero attached hydrogens (tertiary/aromatic N) is 4. The fraction of sp³-hybridized carbons (Fsp3) is 0.500. The number of rotatable bonds is 4. The van der Waals surface area contributed by atoms with Gasteiger partial charge in [0.1, 0.15) is 11.4 Å². The molecule has 0 radical (unpaired) electrons. The summed E-state index contributed by atoms with van der Waals surface area (Å²) in [5.41, 5.74) is -1.21. The average molecular weight is 382 g/mol. The van der Waals surface area contributed by atoms with E-state index >= 15 is 0 Å². The first-order valence-electron chi connectivity index (χ1n) is 8.23. The Kier molecular flexibility index (Phi) is 4.76. The van der Waals surface area contributed by atoms with Crippen molar-refractivity contribution in [2.45, 2.75) is 46.0 Å². The van der Waals surface area contributed by atoms with Crippen molar-refractivity contribution in [2.24, 2.45) is 0 Å². The largest absolute Gasteiger partial charge is 0.501 e. The molecule has 3 heterocycles. The summed E-state index contributed by atoms with van der Waals surface area (Å²) in [6.45, 7) is 6.68. The lowest BCUT2D eigenvalue weighted by Gasteiger charge is -2.32. The van der Waals surface area contributed by atoms with E-state index in [0.717, 1.165) is 0 Å². The molecule has 0 aliphatic carbocycles. The van der Waals surface area contributed by atoms with Crippen molar-refractivity contribution in [3.63, 3.8) is 0 Å². The molecule has 9 nitrogen and oxygen atoms in total. The number of carbonyl (C=O) groups is 1. The van der Waals surface area contributed by atoms with Gasteiger partial charge in [0.15, 0.2) is 5.69 Å². The normalized spacial score (nSPS) is 15.5. The van der Waals surface area contributed by atoms with Crippen molar-refractivity contribution in [1.82, 2.24) is 24.6 Å². The van der Waals surface area contributed by atoms with Gasteiger partial charge in [-0.3, -0.25) is 18.8 Å². The van der Waals surface area contributed by atoms with Crippen molar-refractivity contribution in [2.75, 3.05) is 6.61 Å². The third-order valence-corrected chi connectivity index (χ3v) is 4.61. The molecule has 0 atom stereocenters. The molecular formula is C16H20ClN5O4. The average Bonchev–Trinajstić information content (AvgIpc) is 2.95. The number of hydrogen-bond donors (Lipinski definition) is 2. The van der Waals surface area contributed by atoms with Gasteiger partial charge in [0, 0.05) is 6.54 Å². The maximum Gasteiger partial charge on any atom is 0.296 e. The molecule has 1 aliphatic rings. The fourth-order valence-corrected chi connectivity index (χ4v) is 3.12. The van der Waals surface area contributed by atoms with Gasteiger partial charge in [-0.15, -0.1) is 0 Å². The van der Waals surface area contributed by atoms with E-state index < -0.39 is 22.8 Å². The minimum Gasteiger partial charge on any atom is -0.501 e. The predicted molar refractivity (Wildman–Crippen MR) is 93.2 cm³/mol. The first-order valence-corrected chi connectivity index (χ1v) is 8.60.